The van der Waals surface area contributed by atoms with Crippen LogP contribution in [0.4, 0.5) is 0 Å². The molecule has 0 amide bonds. The third-order valence-electron chi connectivity index (χ3n) is 1.09. The van der Waals surface area contributed by atoms with Gasteiger partial charge in [-0.05, 0) is 26.2 Å². The second-order valence-corrected chi connectivity index (χ2v) is 1.90. The number of allylic oxidation sites excluding steroid dienone is 2. The largest absolute Gasteiger partial charge is 0.252 e. The van der Waals surface area contributed by atoms with E-state index in [1.807, 2.05) is 13.0 Å². The van der Waals surface area contributed by atoms with Gasteiger partial charge in [0.05, 0.1) is 6.61 Å². The Balaban J connectivity index is 2.75. The molecule has 1 N–H and O–H groups in total. The Morgan fingerprint density at radius 1 is 1.44 bits per heavy atom. The third kappa shape index (κ3) is 7.66. The van der Waals surface area contributed by atoms with Gasteiger partial charge < -0.3 is 0 Å². The van der Waals surface area contributed by atoms with Crippen LogP contribution < -0.4 is 0 Å². The summed E-state index contributed by atoms with van der Waals surface area (Å²) >= 11 is 0. The zero-order valence-electron chi connectivity index (χ0n) is 5.84. The molecule has 2 nitrogen and oxygen atoms in total. The van der Waals surface area contributed by atoms with E-state index in [-0.39, 0.29) is 0 Å². The second-order valence-electron chi connectivity index (χ2n) is 1.90. The number of unbranched alkanes of at least 4 members (excludes halogenated alkanes) is 2. The first-order valence-corrected chi connectivity index (χ1v) is 3.29. The Kier molecular flexibility index (Phi) is 7.37. The van der Waals surface area contributed by atoms with Crippen molar-refractivity contribution in [1.29, 1.82) is 0 Å². The van der Waals surface area contributed by atoms with Crippen molar-refractivity contribution < 1.29 is 10.1 Å². The highest BCUT2D eigenvalue weighted by molar-refractivity contribution is 4.75. The smallest absolute Gasteiger partial charge is 0.0819 e. The van der Waals surface area contributed by atoms with E-state index in [4.69, 9.17) is 5.26 Å². The lowest BCUT2D eigenvalue weighted by Gasteiger charge is -1.92. The van der Waals surface area contributed by atoms with E-state index in [1.54, 1.807) is 0 Å². The van der Waals surface area contributed by atoms with Crippen molar-refractivity contribution in [3.8, 4) is 0 Å². The molecule has 0 bridgehead atoms. The first-order valence-electron chi connectivity index (χ1n) is 3.29. The molecule has 54 valence electrons. The fourth-order valence-electron chi connectivity index (χ4n) is 0.595. The molecule has 0 radical (unpaired) electrons. The Morgan fingerprint density at radius 3 is 2.78 bits per heavy atom. The van der Waals surface area contributed by atoms with E-state index in [2.05, 4.69) is 11.0 Å². The van der Waals surface area contributed by atoms with Crippen molar-refractivity contribution in [3.63, 3.8) is 0 Å². The molecule has 9 heavy (non-hydrogen) atoms. The maximum Gasteiger partial charge on any atom is 0.0819 e. The molecule has 0 spiro atoms. The summed E-state index contributed by atoms with van der Waals surface area (Å²) in [5.41, 5.74) is 0. The predicted octanol–water partition coefficient (Wildman–Crippen LogP) is 2.22. The lowest BCUT2D eigenvalue weighted by molar-refractivity contribution is -0.242. The van der Waals surface area contributed by atoms with Crippen LogP contribution in [0.2, 0.25) is 0 Å². The van der Waals surface area contributed by atoms with E-state index in [0.717, 1.165) is 19.3 Å². The SMILES string of the molecule is C/C=C/CCCCOO. The molecule has 0 aromatic rings. The fraction of sp³-hybridized carbons (Fsp3) is 0.714. The molecular weight excluding hydrogens is 116 g/mol. The van der Waals surface area contributed by atoms with Gasteiger partial charge in [0, 0.05) is 0 Å². The van der Waals surface area contributed by atoms with Crippen molar-refractivity contribution in [2.45, 2.75) is 26.2 Å². The minimum absolute atomic E-state index is 0.456. The van der Waals surface area contributed by atoms with Crippen LogP contribution in [0.5, 0.6) is 0 Å². The zero-order valence-corrected chi connectivity index (χ0v) is 5.84. The number of hydrogen-bond acceptors (Lipinski definition) is 2. The standard InChI is InChI=1S/C7H14O2/c1-2-3-4-5-6-7-9-8/h2-3,8H,4-7H2,1H3/b3-2+. The highest BCUT2D eigenvalue weighted by Crippen LogP contribution is 1.95. The van der Waals surface area contributed by atoms with Crippen LogP contribution >= 0.6 is 0 Å². The molecule has 0 aliphatic rings. The summed E-state index contributed by atoms with van der Waals surface area (Å²) in [6, 6.07) is 0. The van der Waals surface area contributed by atoms with Gasteiger partial charge in [-0.25, -0.2) is 4.89 Å². The van der Waals surface area contributed by atoms with Gasteiger partial charge in [-0.2, -0.15) is 0 Å². The molecular formula is C7H14O2. The molecule has 2 heteroatoms. The summed E-state index contributed by atoms with van der Waals surface area (Å²) < 4.78 is 0. The van der Waals surface area contributed by atoms with Crippen molar-refractivity contribution in [2.24, 2.45) is 0 Å². The molecule has 0 fully saturated rings. The highest BCUT2D eigenvalue weighted by atomic mass is 17.1. The first-order chi connectivity index (χ1) is 4.41. The lowest BCUT2D eigenvalue weighted by Crippen LogP contribution is -1.87. The maximum atomic E-state index is 7.90. The summed E-state index contributed by atoms with van der Waals surface area (Å²) in [7, 11) is 0. The van der Waals surface area contributed by atoms with Crippen molar-refractivity contribution >= 4 is 0 Å². The van der Waals surface area contributed by atoms with Crippen LogP contribution in [-0.4, -0.2) is 11.9 Å². The normalized spacial score (nSPS) is 10.9. The van der Waals surface area contributed by atoms with E-state index in [9.17, 15) is 0 Å². The van der Waals surface area contributed by atoms with Crippen LogP contribution in [0.1, 0.15) is 26.2 Å². The van der Waals surface area contributed by atoms with Crippen LogP contribution in [0.3, 0.4) is 0 Å². The monoisotopic (exact) mass is 130 g/mol. The molecule has 0 saturated heterocycles. The second kappa shape index (κ2) is 7.66. The quantitative estimate of drug-likeness (QED) is 0.267. The minimum atomic E-state index is 0.456. The summed E-state index contributed by atoms with van der Waals surface area (Å²) in [4.78, 5) is 3.90. The molecule has 0 aliphatic carbocycles. The summed E-state index contributed by atoms with van der Waals surface area (Å²) in [6.45, 7) is 2.46. The first kappa shape index (κ1) is 8.66. The molecule has 0 heterocycles. The summed E-state index contributed by atoms with van der Waals surface area (Å²) in [6.07, 6.45) is 7.24. The average molecular weight is 130 g/mol. The van der Waals surface area contributed by atoms with E-state index in [1.165, 1.54) is 0 Å². The average Bonchev–Trinajstić information content (AvgIpc) is 1.89. The minimum Gasteiger partial charge on any atom is -0.252 e. The summed E-state index contributed by atoms with van der Waals surface area (Å²) in [5, 5.41) is 7.90. The Labute approximate surface area is 56.1 Å². The number of rotatable bonds is 5. The molecule has 0 atom stereocenters. The molecule has 0 rings (SSSR count). The molecule has 0 saturated carbocycles. The van der Waals surface area contributed by atoms with Gasteiger partial charge in [0.1, 0.15) is 0 Å². The van der Waals surface area contributed by atoms with Gasteiger partial charge in [0.2, 0.25) is 0 Å². The molecule has 0 aliphatic heterocycles. The maximum absolute atomic E-state index is 7.90. The van der Waals surface area contributed by atoms with Crippen molar-refractivity contribution in [3.05, 3.63) is 12.2 Å². The fourth-order valence-corrected chi connectivity index (χ4v) is 0.595. The molecule has 0 aromatic carbocycles. The van der Waals surface area contributed by atoms with Crippen LogP contribution in [-0.2, 0) is 4.89 Å². The van der Waals surface area contributed by atoms with Gasteiger partial charge in [-0.3, -0.25) is 5.26 Å². The Bertz CT molecular complexity index is 69.3. The Morgan fingerprint density at radius 2 is 2.22 bits per heavy atom. The van der Waals surface area contributed by atoms with Crippen LogP contribution in [0, 0.1) is 0 Å². The van der Waals surface area contributed by atoms with Crippen LogP contribution in [0.25, 0.3) is 0 Å². The molecule has 0 unspecified atom stereocenters. The highest BCUT2D eigenvalue weighted by Gasteiger charge is 1.83. The zero-order chi connectivity index (χ0) is 6.95. The van der Waals surface area contributed by atoms with Gasteiger partial charge in [0.15, 0.2) is 0 Å². The predicted molar refractivity (Wildman–Crippen MR) is 37.2 cm³/mol. The van der Waals surface area contributed by atoms with Gasteiger partial charge in [-0.15, -0.1) is 0 Å². The lowest BCUT2D eigenvalue weighted by atomic mass is 10.2. The van der Waals surface area contributed by atoms with Gasteiger partial charge in [0.25, 0.3) is 0 Å². The molecule has 0 aromatic heterocycles. The van der Waals surface area contributed by atoms with Crippen molar-refractivity contribution in [1.82, 2.24) is 0 Å². The van der Waals surface area contributed by atoms with Gasteiger partial charge in [-0.1, -0.05) is 12.2 Å². The summed E-state index contributed by atoms with van der Waals surface area (Å²) in [5.74, 6) is 0. The number of hydrogen-bond donors (Lipinski definition) is 1. The van der Waals surface area contributed by atoms with E-state index in [0.29, 0.717) is 6.61 Å². The van der Waals surface area contributed by atoms with E-state index >= 15 is 0 Å². The topological polar surface area (TPSA) is 29.5 Å². The third-order valence-corrected chi connectivity index (χ3v) is 1.09. The van der Waals surface area contributed by atoms with Crippen LogP contribution in [0.15, 0.2) is 12.2 Å². The Hall–Kier alpha value is -0.340. The van der Waals surface area contributed by atoms with E-state index < -0.39 is 0 Å². The van der Waals surface area contributed by atoms with Crippen molar-refractivity contribution in [2.75, 3.05) is 6.61 Å². The van der Waals surface area contributed by atoms with Gasteiger partial charge >= 0.3 is 0 Å².